The first-order valence-electron chi connectivity index (χ1n) is 4.39. The van der Waals surface area contributed by atoms with Crippen LogP contribution in [0.1, 0.15) is 11.1 Å². The fourth-order valence-corrected chi connectivity index (χ4v) is 1.95. The van der Waals surface area contributed by atoms with Crippen molar-refractivity contribution in [3.8, 4) is 6.07 Å². The molecule has 1 aliphatic rings. The second-order valence-corrected chi connectivity index (χ2v) is 3.73. The molecule has 0 amide bonds. The van der Waals surface area contributed by atoms with Gasteiger partial charge in [-0.05, 0) is 17.7 Å². The average molecular weight is 229 g/mol. The van der Waals surface area contributed by atoms with Gasteiger partial charge in [0.15, 0.2) is 0 Å². The summed E-state index contributed by atoms with van der Waals surface area (Å²) in [5, 5.41) is 11.7. The van der Waals surface area contributed by atoms with Crippen molar-refractivity contribution < 1.29 is 8.78 Å². The Morgan fingerprint density at radius 2 is 2.27 bits per heavy atom. The molecule has 2 rings (SSSR count). The maximum atomic E-state index is 12.4. The standard InChI is InChI=1S/C10H7ClF2N2/c11-9-5(4-14)1-2-7-6(9)3-8(15-7)10(12)13/h1-2,8,10,15H,3H2. The summed E-state index contributed by atoms with van der Waals surface area (Å²) < 4.78 is 24.9. The number of alkyl halides is 2. The second kappa shape index (κ2) is 3.67. The Kier molecular flexibility index (Phi) is 2.49. The Morgan fingerprint density at radius 1 is 1.53 bits per heavy atom. The number of nitriles is 1. The van der Waals surface area contributed by atoms with Crippen LogP contribution in [0.3, 0.4) is 0 Å². The fourth-order valence-electron chi connectivity index (χ4n) is 1.67. The van der Waals surface area contributed by atoms with E-state index in [1.807, 2.05) is 6.07 Å². The van der Waals surface area contributed by atoms with Gasteiger partial charge in [-0.15, -0.1) is 0 Å². The van der Waals surface area contributed by atoms with Gasteiger partial charge in [-0.3, -0.25) is 0 Å². The lowest BCUT2D eigenvalue weighted by Gasteiger charge is -2.08. The van der Waals surface area contributed by atoms with Gasteiger partial charge in [0.05, 0.1) is 16.6 Å². The van der Waals surface area contributed by atoms with Crippen LogP contribution in [0, 0.1) is 11.3 Å². The third kappa shape index (κ3) is 1.64. The quantitative estimate of drug-likeness (QED) is 0.802. The van der Waals surface area contributed by atoms with Crippen molar-refractivity contribution in [2.24, 2.45) is 0 Å². The number of rotatable bonds is 1. The Hall–Kier alpha value is -1.34. The van der Waals surface area contributed by atoms with Crippen LogP contribution in [-0.4, -0.2) is 12.5 Å². The molecule has 0 saturated heterocycles. The summed E-state index contributed by atoms with van der Waals surface area (Å²) in [5.74, 6) is 0. The van der Waals surface area contributed by atoms with Gasteiger partial charge in [0.1, 0.15) is 6.07 Å². The zero-order valence-corrected chi connectivity index (χ0v) is 8.35. The van der Waals surface area contributed by atoms with E-state index in [9.17, 15) is 8.78 Å². The molecule has 0 aromatic heterocycles. The normalized spacial score (nSPS) is 18.5. The Balaban J connectivity index is 2.40. The second-order valence-electron chi connectivity index (χ2n) is 3.35. The Bertz CT molecular complexity index is 440. The molecule has 2 nitrogen and oxygen atoms in total. The SMILES string of the molecule is N#Cc1ccc2c(c1Cl)CC(C(F)F)N2. The van der Waals surface area contributed by atoms with Crippen molar-refractivity contribution in [2.45, 2.75) is 18.9 Å². The largest absolute Gasteiger partial charge is 0.376 e. The Morgan fingerprint density at radius 3 is 2.87 bits per heavy atom. The number of nitrogens with zero attached hydrogens (tertiary/aromatic N) is 1. The monoisotopic (exact) mass is 228 g/mol. The van der Waals surface area contributed by atoms with E-state index in [4.69, 9.17) is 16.9 Å². The summed E-state index contributed by atoms with van der Waals surface area (Å²) in [6, 6.07) is 4.17. The molecule has 0 aliphatic carbocycles. The van der Waals surface area contributed by atoms with Crippen LogP contribution in [0.2, 0.25) is 5.02 Å². The number of anilines is 1. The molecular formula is C10H7ClF2N2. The van der Waals surface area contributed by atoms with Crippen molar-refractivity contribution in [1.82, 2.24) is 0 Å². The molecule has 1 aromatic rings. The molecule has 1 N–H and O–H groups in total. The predicted octanol–water partition coefficient (Wildman–Crippen LogP) is 2.81. The van der Waals surface area contributed by atoms with E-state index in [2.05, 4.69) is 5.32 Å². The third-order valence-electron chi connectivity index (χ3n) is 2.43. The molecule has 0 radical (unpaired) electrons. The fraction of sp³-hybridized carbons (Fsp3) is 0.300. The summed E-state index contributed by atoms with van der Waals surface area (Å²) in [4.78, 5) is 0. The van der Waals surface area contributed by atoms with Crippen LogP contribution >= 0.6 is 11.6 Å². The average Bonchev–Trinajstić information content (AvgIpc) is 2.63. The van der Waals surface area contributed by atoms with Gasteiger partial charge < -0.3 is 5.32 Å². The molecule has 1 aromatic carbocycles. The third-order valence-corrected chi connectivity index (χ3v) is 2.86. The van der Waals surface area contributed by atoms with E-state index >= 15 is 0 Å². The van der Waals surface area contributed by atoms with Gasteiger partial charge in [-0.2, -0.15) is 5.26 Å². The van der Waals surface area contributed by atoms with Gasteiger partial charge in [0, 0.05) is 12.1 Å². The smallest absolute Gasteiger partial charge is 0.258 e. The number of hydrogen-bond acceptors (Lipinski definition) is 2. The van der Waals surface area contributed by atoms with Crippen LogP contribution in [0.15, 0.2) is 12.1 Å². The molecule has 0 spiro atoms. The number of nitrogens with one attached hydrogen (secondary N) is 1. The summed E-state index contributed by atoms with van der Waals surface area (Å²) in [6.07, 6.45) is -2.26. The van der Waals surface area contributed by atoms with Gasteiger partial charge >= 0.3 is 0 Å². The highest BCUT2D eigenvalue weighted by molar-refractivity contribution is 6.33. The van der Waals surface area contributed by atoms with Gasteiger partial charge in [-0.25, -0.2) is 8.78 Å². The zero-order valence-electron chi connectivity index (χ0n) is 7.60. The minimum atomic E-state index is -2.43. The van der Waals surface area contributed by atoms with Gasteiger partial charge in [-0.1, -0.05) is 11.6 Å². The molecular weight excluding hydrogens is 222 g/mol. The molecule has 15 heavy (non-hydrogen) atoms. The molecule has 1 aliphatic heterocycles. The van der Waals surface area contributed by atoms with Crippen LogP contribution in [-0.2, 0) is 6.42 Å². The highest BCUT2D eigenvalue weighted by Gasteiger charge is 2.30. The minimum absolute atomic E-state index is 0.168. The molecule has 0 fully saturated rings. The minimum Gasteiger partial charge on any atom is -0.376 e. The van der Waals surface area contributed by atoms with Crippen molar-refractivity contribution >= 4 is 17.3 Å². The highest BCUT2D eigenvalue weighted by Crippen LogP contribution is 2.35. The topological polar surface area (TPSA) is 35.8 Å². The molecule has 5 heteroatoms. The van der Waals surface area contributed by atoms with Crippen LogP contribution in [0.5, 0.6) is 0 Å². The number of benzene rings is 1. The maximum Gasteiger partial charge on any atom is 0.258 e. The zero-order chi connectivity index (χ0) is 11.0. The summed E-state index contributed by atoms with van der Waals surface area (Å²) >= 11 is 5.92. The molecule has 0 bridgehead atoms. The number of halogens is 3. The van der Waals surface area contributed by atoms with Crippen LogP contribution < -0.4 is 5.32 Å². The summed E-state index contributed by atoms with van der Waals surface area (Å²) in [7, 11) is 0. The van der Waals surface area contributed by atoms with E-state index < -0.39 is 12.5 Å². The summed E-state index contributed by atoms with van der Waals surface area (Å²) in [5.41, 5.74) is 1.54. The van der Waals surface area contributed by atoms with Crippen molar-refractivity contribution in [1.29, 1.82) is 5.26 Å². The number of fused-ring (bicyclic) bond motifs is 1. The van der Waals surface area contributed by atoms with Crippen molar-refractivity contribution in [3.63, 3.8) is 0 Å². The summed E-state index contributed by atoms with van der Waals surface area (Å²) in [6.45, 7) is 0. The van der Waals surface area contributed by atoms with E-state index in [1.54, 1.807) is 6.07 Å². The van der Waals surface area contributed by atoms with Crippen LogP contribution in [0.25, 0.3) is 0 Å². The highest BCUT2D eigenvalue weighted by atomic mass is 35.5. The molecule has 1 unspecified atom stereocenters. The molecule has 0 saturated carbocycles. The first-order chi connectivity index (χ1) is 7.13. The lowest BCUT2D eigenvalue weighted by atomic mass is 10.1. The van der Waals surface area contributed by atoms with Crippen LogP contribution in [0.4, 0.5) is 14.5 Å². The first-order valence-corrected chi connectivity index (χ1v) is 4.77. The number of hydrogen-bond donors (Lipinski definition) is 1. The Labute approximate surface area is 90.5 Å². The van der Waals surface area contributed by atoms with Gasteiger partial charge in [0.2, 0.25) is 0 Å². The first kappa shape index (κ1) is 10.2. The maximum absolute atomic E-state index is 12.4. The lowest BCUT2D eigenvalue weighted by molar-refractivity contribution is 0.126. The van der Waals surface area contributed by atoms with Crippen molar-refractivity contribution in [2.75, 3.05) is 5.32 Å². The lowest BCUT2D eigenvalue weighted by Crippen LogP contribution is -2.24. The van der Waals surface area contributed by atoms with E-state index in [1.165, 1.54) is 6.07 Å². The van der Waals surface area contributed by atoms with Crippen molar-refractivity contribution in [3.05, 3.63) is 28.3 Å². The van der Waals surface area contributed by atoms with E-state index in [-0.39, 0.29) is 11.4 Å². The van der Waals surface area contributed by atoms with E-state index in [0.717, 1.165) is 0 Å². The molecule has 78 valence electrons. The molecule has 1 atom stereocenters. The van der Waals surface area contributed by atoms with E-state index in [0.29, 0.717) is 16.8 Å². The predicted molar refractivity (Wildman–Crippen MR) is 53.3 cm³/mol. The van der Waals surface area contributed by atoms with Gasteiger partial charge in [0.25, 0.3) is 6.43 Å². The molecule has 1 heterocycles.